The van der Waals surface area contributed by atoms with Crippen LogP contribution >= 0.6 is 23.4 Å². The average Bonchev–Trinajstić information content (AvgIpc) is 3.17. The van der Waals surface area contributed by atoms with E-state index in [1.54, 1.807) is 6.08 Å². The Morgan fingerprint density at radius 1 is 1.19 bits per heavy atom. The predicted octanol–water partition coefficient (Wildman–Crippen LogP) is 5.75. The Balaban J connectivity index is 1.64. The monoisotopic (exact) mass is 469 g/mol. The Morgan fingerprint density at radius 2 is 1.88 bits per heavy atom. The largest absolute Gasteiger partial charge is 0.369 e. The molecular weight excluding hydrogens is 442 g/mol. The lowest BCUT2D eigenvalue weighted by Crippen LogP contribution is -2.30. The maximum Gasteiger partial charge on any atom is 0.234 e. The Hall–Kier alpha value is -2.77. The van der Waals surface area contributed by atoms with Gasteiger partial charge in [-0.25, -0.2) is 0 Å². The molecule has 32 heavy (non-hydrogen) atoms. The first-order chi connectivity index (χ1) is 15.4. The fourth-order valence-corrected chi connectivity index (χ4v) is 4.28. The van der Waals surface area contributed by atoms with Gasteiger partial charge in [0.2, 0.25) is 5.91 Å². The second kappa shape index (κ2) is 11.2. The Kier molecular flexibility index (Phi) is 8.36. The maximum absolute atomic E-state index is 12.5. The molecule has 1 heterocycles. The summed E-state index contributed by atoms with van der Waals surface area (Å²) >= 11 is 7.34. The van der Waals surface area contributed by atoms with Gasteiger partial charge in [-0.2, -0.15) is 0 Å². The number of anilines is 2. The molecule has 168 valence electrons. The van der Waals surface area contributed by atoms with Crippen molar-refractivity contribution in [3.05, 3.63) is 66.2 Å². The van der Waals surface area contributed by atoms with E-state index in [2.05, 4.69) is 47.8 Å². The molecule has 0 aliphatic rings. The van der Waals surface area contributed by atoms with Crippen molar-refractivity contribution in [3.63, 3.8) is 0 Å². The van der Waals surface area contributed by atoms with Gasteiger partial charge in [-0.15, -0.1) is 16.8 Å². The molecule has 0 atom stereocenters. The number of nitrogens with zero attached hydrogens (tertiary/aromatic N) is 4. The fraction of sp³-hybridized carbons (Fsp3) is 0.292. The summed E-state index contributed by atoms with van der Waals surface area (Å²) in [4.78, 5) is 14.8. The summed E-state index contributed by atoms with van der Waals surface area (Å²) in [5, 5.41) is 12.9. The van der Waals surface area contributed by atoms with Crippen LogP contribution in [0.1, 0.15) is 20.8 Å². The summed E-state index contributed by atoms with van der Waals surface area (Å²) in [6.07, 6.45) is 1.78. The Bertz CT molecular complexity index is 1050. The number of hydrogen-bond acceptors (Lipinski definition) is 5. The Labute approximate surface area is 198 Å². The predicted molar refractivity (Wildman–Crippen MR) is 135 cm³/mol. The first-order valence-electron chi connectivity index (χ1n) is 10.5. The van der Waals surface area contributed by atoms with E-state index in [-0.39, 0.29) is 11.7 Å². The summed E-state index contributed by atoms with van der Waals surface area (Å²) in [6.45, 7) is 11.8. The van der Waals surface area contributed by atoms with Gasteiger partial charge in [-0.1, -0.05) is 29.4 Å². The minimum absolute atomic E-state index is 0.0971. The van der Waals surface area contributed by atoms with E-state index in [4.69, 9.17) is 11.6 Å². The molecule has 0 fully saturated rings. The highest BCUT2D eigenvalue weighted by molar-refractivity contribution is 7.99. The van der Waals surface area contributed by atoms with Crippen LogP contribution in [0, 0.1) is 0 Å². The van der Waals surface area contributed by atoms with Crippen molar-refractivity contribution >= 4 is 40.6 Å². The highest BCUT2D eigenvalue weighted by Crippen LogP contribution is 2.26. The number of allylic oxidation sites excluding steroid dienone is 1. The lowest BCUT2D eigenvalue weighted by Gasteiger charge is -2.27. The van der Waals surface area contributed by atoms with Crippen LogP contribution in [0.2, 0.25) is 5.02 Å². The van der Waals surface area contributed by atoms with Crippen molar-refractivity contribution in [2.75, 3.05) is 22.5 Å². The summed E-state index contributed by atoms with van der Waals surface area (Å²) < 4.78 is 1.94. The van der Waals surface area contributed by atoms with Gasteiger partial charge in [0.25, 0.3) is 0 Å². The van der Waals surface area contributed by atoms with Crippen LogP contribution in [0.15, 0.2) is 66.3 Å². The molecule has 3 rings (SSSR count). The molecule has 1 amide bonds. The maximum atomic E-state index is 12.5. The number of aromatic nitrogens is 3. The number of hydrogen-bond donors (Lipinski definition) is 1. The van der Waals surface area contributed by atoms with Gasteiger partial charge in [-0.3, -0.25) is 9.36 Å². The number of rotatable bonds is 10. The van der Waals surface area contributed by atoms with Crippen molar-refractivity contribution in [1.82, 2.24) is 14.8 Å². The van der Waals surface area contributed by atoms with Crippen LogP contribution in [0.5, 0.6) is 0 Å². The molecule has 0 bridgehead atoms. The molecule has 0 unspecified atom stereocenters. The number of thioether (sulfide) groups is 1. The van der Waals surface area contributed by atoms with Gasteiger partial charge in [0.05, 0.1) is 5.75 Å². The van der Waals surface area contributed by atoms with Crippen LogP contribution in [0.4, 0.5) is 11.4 Å². The topological polar surface area (TPSA) is 63.1 Å². The quantitative estimate of drug-likeness (QED) is 0.302. The average molecular weight is 470 g/mol. The van der Waals surface area contributed by atoms with E-state index in [0.717, 1.165) is 23.5 Å². The van der Waals surface area contributed by atoms with Gasteiger partial charge in [0.1, 0.15) is 0 Å². The second-order valence-corrected chi connectivity index (χ2v) is 8.85. The number of halogens is 1. The second-order valence-electron chi connectivity index (χ2n) is 7.48. The van der Waals surface area contributed by atoms with Gasteiger partial charge < -0.3 is 10.2 Å². The third-order valence-electron chi connectivity index (χ3n) is 4.91. The smallest absolute Gasteiger partial charge is 0.234 e. The van der Waals surface area contributed by atoms with Crippen LogP contribution in [-0.4, -0.2) is 39.0 Å². The molecule has 8 heteroatoms. The molecule has 2 aromatic carbocycles. The van der Waals surface area contributed by atoms with Gasteiger partial charge >= 0.3 is 0 Å². The molecule has 1 aromatic heterocycles. The first kappa shape index (κ1) is 23.9. The molecule has 1 N–H and O–H groups in total. The van der Waals surface area contributed by atoms with Crippen molar-refractivity contribution in [2.45, 2.75) is 38.5 Å². The third kappa shape index (κ3) is 5.93. The van der Waals surface area contributed by atoms with Crippen molar-refractivity contribution in [3.8, 4) is 11.4 Å². The molecular formula is C24H28ClN5OS. The summed E-state index contributed by atoms with van der Waals surface area (Å²) in [7, 11) is 0. The standard InChI is InChI=1S/C24H28ClN5OS/c1-5-15-30-23(18-7-9-19(25)10-8-18)27-28-24(30)32-16-22(31)26-20-11-13-21(14-12-20)29(6-2)17(3)4/h5,7-14,17H,1,6,15-16H2,2-4H3,(H,26,31). The molecule has 0 aliphatic carbocycles. The first-order valence-corrected chi connectivity index (χ1v) is 11.9. The van der Waals surface area contributed by atoms with Crippen molar-refractivity contribution < 1.29 is 4.79 Å². The van der Waals surface area contributed by atoms with E-state index in [1.807, 2.05) is 53.1 Å². The highest BCUT2D eigenvalue weighted by Gasteiger charge is 2.15. The number of carbonyl (C=O) groups is 1. The number of carbonyl (C=O) groups excluding carboxylic acids is 1. The van der Waals surface area contributed by atoms with E-state index >= 15 is 0 Å². The zero-order valence-corrected chi connectivity index (χ0v) is 20.2. The minimum atomic E-state index is -0.0971. The SMILES string of the molecule is C=CCn1c(SCC(=O)Nc2ccc(N(CC)C(C)C)cc2)nnc1-c1ccc(Cl)cc1. The zero-order valence-electron chi connectivity index (χ0n) is 18.6. The highest BCUT2D eigenvalue weighted by atomic mass is 35.5. The molecule has 0 saturated carbocycles. The van der Waals surface area contributed by atoms with E-state index in [0.29, 0.717) is 28.6 Å². The Morgan fingerprint density at radius 3 is 2.47 bits per heavy atom. The zero-order chi connectivity index (χ0) is 23.1. The van der Waals surface area contributed by atoms with E-state index < -0.39 is 0 Å². The van der Waals surface area contributed by atoms with Crippen molar-refractivity contribution in [1.29, 1.82) is 0 Å². The third-order valence-corrected chi connectivity index (χ3v) is 6.13. The molecule has 0 radical (unpaired) electrons. The van der Waals surface area contributed by atoms with E-state index in [1.165, 1.54) is 11.8 Å². The van der Waals surface area contributed by atoms with Crippen molar-refractivity contribution in [2.24, 2.45) is 0 Å². The minimum Gasteiger partial charge on any atom is -0.369 e. The molecule has 0 saturated heterocycles. The summed E-state index contributed by atoms with van der Waals surface area (Å²) in [6, 6.07) is 15.8. The van der Waals surface area contributed by atoms with Gasteiger partial charge in [-0.05, 0) is 69.3 Å². The van der Waals surface area contributed by atoms with Gasteiger partial charge in [0.15, 0.2) is 11.0 Å². The number of amides is 1. The molecule has 6 nitrogen and oxygen atoms in total. The van der Waals surface area contributed by atoms with Gasteiger partial charge in [0, 0.05) is 41.1 Å². The molecule has 0 aliphatic heterocycles. The normalized spacial score (nSPS) is 10.9. The lowest BCUT2D eigenvalue weighted by atomic mass is 10.2. The van der Waals surface area contributed by atoms with E-state index in [9.17, 15) is 4.79 Å². The lowest BCUT2D eigenvalue weighted by molar-refractivity contribution is -0.113. The molecule has 3 aromatic rings. The van der Waals surface area contributed by atoms with Crippen LogP contribution in [-0.2, 0) is 11.3 Å². The molecule has 0 spiro atoms. The number of nitrogens with one attached hydrogen (secondary N) is 1. The fourth-order valence-electron chi connectivity index (χ4n) is 3.41. The van der Waals surface area contributed by atoms with Crippen LogP contribution in [0.3, 0.4) is 0 Å². The van der Waals surface area contributed by atoms with Crippen LogP contribution < -0.4 is 10.2 Å². The number of benzene rings is 2. The summed E-state index contributed by atoms with van der Waals surface area (Å²) in [5.41, 5.74) is 2.82. The summed E-state index contributed by atoms with van der Waals surface area (Å²) in [5.74, 6) is 0.843. The van der Waals surface area contributed by atoms with Crippen LogP contribution in [0.25, 0.3) is 11.4 Å².